The lowest BCUT2D eigenvalue weighted by molar-refractivity contribution is -0.389. The second-order valence-electron chi connectivity index (χ2n) is 4.18. The second-order valence-corrected chi connectivity index (χ2v) is 4.62. The van der Waals surface area contributed by atoms with E-state index >= 15 is 0 Å². The number of nitro groups is 1. The molecule has 0 fully saturated rings. The van der Waals surface area contributed by atoms with Gasteiger partial charge < -0.3 is 19.2 Å². The van der Waals surface area contributed by atoms with E-state index in [1.165, 1.54) is 17.1 Å². The third-order valence-electron chi connectivity index (χ3n) is 2.69. The standard InChI is InChI=1S/C12H8ClN5O3/c13-9-3-1-8(2-4-9)12-15-10(16-21-12)5-17-6-11(14-7-17)18(19)20/h1-4,6-7H,5H2. The number of benzene rings is 1. The molecule has 21 heavy (non-hydrogen) atoms. The predicted molar refractivity (Wildman–Crippen MR) is 72.7 cm³/mol. The second kappa shape index (κ2) is 5.33. The van der Waals surface area contributed by atoms with E-state index in [4.69, 9.17) is 16.1 Å². The first-order valence-electron chi connectivity index (χ1n) is 5.86. The first-order valence-corrected chi connectivity index (χ1v) is 6.24. The molecular formula is C12H8ClN5O3. The van der Waals surface area contributed by atoms with Crippen molar-refractivity contribution >= 4 is 17.4 Å². The Morgan fingerprint density at radius 1 is 1.33 bits per heavy atom. The van der Waals surface area contributed by atoms with Crippen LogP contribution < -0.4 is 0 Å². The van der Waals surface area contributed by atoms with E-state index in [1.54, 1.807) is 24.3 Å². The summed E-state index contributed by atoms with van der Waals surface area (Å²) in [4.78, 5) is 17.9. The van der Waals surface area contributed by atoms with Gasteiger partial charge in [0.25, 0.3) is 5.89 Å². The maximum atomic E-state index is 10.6. The molecule has 0 aliphatic carbocycles. The summed E-state index contributed by atoms with van der Waals surface area (Å²) in [6.07, 6.45) is 2.65. The summed E-state index contributed by atoms with van der Waals surface area (Å²) < 4.78 is 6.65. The Balaban J connectivity index is 1.78. The highest BCUT2D eigenvalue weighted by Crippen LogP contribution is 2.20. The number of hydrogen-bond acceptors (Lipinski definition) is 6. The lowest BCUT2D eigenvalue weighted by Crippen LogP contribution is -1.98. The summed E-state index contributed by atoms with van der Waals surface area (Å²) in [6.45, 7) is 0.234. The van der Waals surface area contributed by atoms with Gasteiger partial charge >= 0.3 is 5.82 Å². The normalized spacial score (nSPS) is 10.7. The van der Waals surface area contributed by atoms with Crippen molar-refractivity contribution in [3.63, 3.8) is 0 Å². The molecule has 0 radical (unpaired) electrons. The van der Waals surface area contributed by atoms with Crippen molar-refractivity contribution in [2.24, 2.45) is 0 Å². The van der Waals surface area contributed by atoms with Crippen LogP contribution in [0.3, 0.4) is 0 Å². The molecule has 0 amide bonds. The molecule has 0 aliphatic heterocycles. The minimum Gasteiger partial charge on any atom is -0.358 e. The van der Waals surface area contributed by atoms with Crippen molar-refractivity contribution in [1.29, 1.82) is 0 Å². The van der Waals surface area contributed by atoms with Gasteiger partial charge in [0.15, 0.2) is 5.82 Å². The van der Waals surface area contributed by atoms with E-state index in [-0.39, 0.29) is 12.4 Å². The minimum atomic E-state index is -0.564. The summed E-state index contributed by atoms with van der Waals surface area (Å²) in [7, 11) is 0. The van der Waals surface area contributed by atoms with Gasteiger partial charge in [-0.2, -0.15) is 4.98 Å². The van der Waals surface area contributed by atoms with Crippen molar-refractivity contribution in [2.45, 2.75) is 6.54 Å². The highest BCUT2D eigenvalue weighted by atomic mass is 35.5. The highest BCUT2D eigenvalue weighted by Gasteiger charge is 2.13. The largest absolute Gasteiger partial charge is 0.381 e. The Morgan fingerprint density at radius 2 is 2.10 bits per heavy atom. The summed E-state index contributed by atoms with van der Waals surface area (Å²) in [5.74, 6) is 0.528. The zero-order chi connectivity index (χ0) is 14.8. The average molecular weight is 306 g/mol. The van der Waals surface area contributed by atoms with Crippen LogP contribution in [0.1, 0.15) is 5.82 Å². The molecule has 0 N–H and O–H groups in total. The Morgan fingerprint density at radius 3 is 2.76 bits per heavy atom. The smallest absolute Gasteiger partial charge is 0.358 e. The van der Waals surface area contributed by atoms with Crippen LogP contribution >= 0.6 is 11.6 Å². The highest BCUT2D eigenvalue weighted by molar-refractivity contribution is 6.30. The molecule has 0 bridgehead atoms. The zero-order valence-corrected chi connectivity index (χ0v) is 11.3. The van der Waals surface area contributed by atoms with Crippen molar-refractivity contribution in [1.82, 2.24) is 19.7 Å². The molecule has 0 saturated heterocycles. The molecule has 2 heterocycles. The monoisotopic (exact) mass is 305 g/mol. The van der Waals surface area contributed by atoms with Gasteiger partial charge in [-0.1, -0.05) is 16.8 Å². The zero-order valence-electron chi connectivity index (χ0n) is 10.5. The predicted octanol–water partition coefficient (Wildman–Crippen LogP) is 2.54. The Labute approximate surface area is 123 Å². The van der Waals surface area contributed by atoms with E-state index in [0.717, 1.165) is 5.56 Å². The summed E-state index contributed by atoms with van der Waals surface area (Å²) >= 11 is 5.81. The number of rotatable bonds is 4. The fourth-order valence-corrected chi connectivity index (χ4v) is 1.85. The van der Waals surface area contributed by atoms with E-state index in [9.17, 15) is 10.1 Å². The lowest BCUT2D eigenvalue weighted by Gasteiger charge is -1.94. The first-order chi connectivity index (χ1) is 10.1. The van der Waals surface area contributed by atoms with E-state index in [2.05, 4.69) is 15.1 Å². The molecule has 106 valence electrons. The van der Waals surface area contributed by atoms with Gasteiger partial charge in [-0.3, -0.25) is 0 Å². The van der Waals surface area contributed by atoms with Crippen molar-refractivity contribution in [2.75, 3.05) is 0 Å². The van der Waals surface area contributed by atoms with Crippen LogP contribution in [0.15, 0.2) is 41.3 Å². The fourth-order valence-electron chi connectivity index (χ4n) is 1.72. The first kappa shape index (κ1) is 13.3. The Bertz CT molecular complexity index is 780. The summed E-state index contributed by atoms with van der Waals surface area (Å²) in [5.41, 5.74) is 0.745. The van der Waals surface area contributed by atoms with Crippen LogP contribution in [-0.4, -0.2) is 24.6 Å². The number of nitrogens with zero attached hydrogens (tertiary/aromatic N) is 5. The van der Waals surface area contributed by atoms with Crippen LogP contribution in [-0.2, 0) is 6.54 Å². The number of halogens is 1. The third kappa shape index (κ3) is 2.90. The SMILES string of the molecule is O=[N+]([O-])c1cn(Cc2noc(-c3ccc(Cl)cc3)n2)cn1. The third-order valence-corrected chi connectivity index (χ3v) is 2.94. The molecule has 0 saturated carbocycles. The van der Waals surface area contributed by atoms with Gasteiger partial charge in [0, 0.05) is 10.6 Å². The van der Waals surface area contributed by atoms with Crippen LogP contribution in [0.2, 0.25) is 5.02 Å². The maximum Gasteiger partial charge on any atom is 0.381 e. The number of aromatic nitrogens is 4. The Kier molecular flexibility index (Phi) is 3.36. The van der Waals surface area contributed by atoms with Crippen LogP contribution in [0.5, 0.6) is 0 Å². The van der Waals surface area contributed by atoms with Gasteiger partial charge in [-0.25, -0.2) is 0 Å². The van der Waals surface area contributed by atoms with Gasteiger partial charge in [-0.15, -0.1) is 0 Å². The van der Waals surface area contributed by atoms with Crippen LogP contribution in [0, 0.1) is 10.1 Å². The lowest BCUT2D eigenvalue weighted by atomic mass is 10.2. The van der Waals surface area contributed by atoms with Gasteiger partial charge in [-0.05, 0) is 34.2 Å². The van der Waals surface area contributed by atoms with E-state index < -0.39 is 4.92 Å². The summed E-state index contributed by atoms with van der Waals surface area (Å²) in [5, 5.41) is 15.0. The van der Waals surface area contributed by atoms with Crippen molar-refractivity contribution < 1.29 is 9.45 Å². The topological polar surface area (TPSA) is 99.9 Å². The van der Waals surface area contributed by atoms with E-state index in [0.29, 0.717) is 16.7 Å². The van der Waals surface area contributed by atoms with Crippen molar-refractivity contribution in [3.05, 3.63) is 57.8 Å². The van der Waals surface area contributed by atoms with Crippen LogP contribution in [0.25, 0.3) is 11.5 Å². The Hall–Kier alpha value is -2.74. The van der Waals surface area contributed by atoms with Gasteiger partial charge in [0.2, 0.25) is 6.33 Å². The average Bonchev–Trinajstić information content (AvgIpc) is 3.10. The molecule has 3 rings (SSSR count). The number of imidazole rings is 1. The van der Waals surface area contributed by atoms with Gasteiger partial charge in [0.1, 0.15) is 6.20 Å². The molecule has 1 aromatic carbocycles. The molecule has 0 spiro atoms. The maximum absolute atomic E-state index is 10.6. The van der Waals surface area contributed by atoms with Crippen molar-refractivity contribution in [3.8, 4) is 11.5 Å². The van der Waals surface area contributed by atoms with E-state index in [1.807, 2.05) is 0 Å². The molecular weight excluding hydrogens is 298 g/mol. The molecule has 0 unspecified atom stereocenters. The molecule has 0 aliphatic rings. The molecule has 8 nitrogen and oxygen atoms in total. The minimum absolute atomic E-state index is 0.226. The molecule has 9 heteroatoms. The fraction of sp³-hybridized carbons (Fsp3) is 0.0833. The van der Waals surface area contributed by atoms with Gasteiger partial charge in [0.05, 0.1) is 6.54 Å². The molecule has 2 aromatic heterocycles. The summed E-state index contributed by atoms with van der Waals surface area (Å²) in [6, 6.07) is 6.98. The quantitative estimate of drug-likeness (QED) is 0.542. The molecule has 0 atom stereocenters. The number of hydrogen-bond donors (Lipinski definition) is 0. The molecule has 3 aromatic rings. The van der Waals surface area contributed by atoms with Crippen LogP contribution in [0.4, 0.5) is 5.82 Å².